The summed E-state index contributed by atoms with van der Waals surface area (Å²) in [6.45, 7) is 2.98. The van der Waals surface area contributed by atoms with Crippen molar-refractivity contribution < 1.29 is 14.3 Å². The van der Waals surface area contributed by atoms with Gasteiger partial charge in [-0.25, -0.2) is 9.18 Å². The smallest absolute Gasteiger partial charge is 0.321 e. The van der Waals surface area contributed by atoms with E-state index in [1.807, 2.05) is 36.0 Å². The molecule has 0 saturated carbocycles. The van der Waals surface area contributed by atoms with Gasteiger partial charge in [0, 0.05) is 42.3 Å². The van der Waals surface area contributed by atoms with E-state index in [1.54, 1.807) is 12.1 Å². The number of halogens is 1. The Morgan fingerprint density at radius 3 is 2.50 bits per heavy atom. The summed E-state index contributed by atoms with van der Waals surface area (Å²) in [4.78, 5) is 19.2. The lowest BCUT2D eigenvalue weighted by Crippen LogP contribution is -2.68. The number of hydrogen-bond donors (Lipinski definition) is 2. The first-order chi connectivity index (χ1) is 16.5. The number of anilines is 1. The third-order valence-electron chi connectivity index (χ3n) is 6.68. The predicted molar refractivity (Wildman–Crippen MR) is 132 cm³/mol. The van der Waals surface area contributed by atoms with Crippen LogP contribution in [0.2, 0.25) is 0 Å². The minimum atomic E-state index is -0.332. The summed E-state index contributed by atoms with van der Waals surface area (Å²) in [6, 6.07) is 14.1. The Labute approximate surface area is 201 Å². The maximum absolute atomic E-state index is 13.2. The fourth-order valence-corrected chi connectivity index (χ4v) is 4.95. The molecule has 4 rings (SSSR count). The SMILES string of the molecule is CN(C)CC#Cc1ccc([C@@H]2[C@H](CO)N3CCCCN(C(=O)Nc4ccc(F)cc4)C[C@@H]23)cc1. The van der Waals surface area contributed by atoms with Crippen molar-refractivity contribution in [2.45, 2.75) is 30.8 Å². The number of nitrogens with zero attached hydrogens (tertiary/aromatic N) is 3. The summed E-state index contributed by atoms with van der Waals surface area (Å²) in [6.07, 6.45) is 1.88. The van der Waals surface area contributed by atoms with Crippen molar-refractivity contribution in [3.63, 3.8) is 0 Å². The molecule has 0 aliphatic carbocycles. The molecule has 0 bridgehead atoms. The molecule has 3 atom stereocenters. The fraction of sp³-hybridized carbons (Fsp3) is 0.444. The second-order valence-electron chi connectivity index (χ2n) is 9.33. The molecule has 2 fully saturated rings. The molecule has 2 aromatic rings. The van der Waals surface area contributed by atoms with Gasteiger partial charge in [0.2, 0.25) is 0 Å². The highest BCUT2D eigenvalue weighted by atomic mass is 19.1. The van der Waals surface area contributed by atoms with Crippen LogP contribution in [0, 0.1) is 17.7 Å². The molecule has 34 heavy (non-hydrogen) atoms. The molecular formula is C27H33FN4O2. The number of carbonyl (C=O) groups is 1. The van der Waals surface area contributed by atoms with Crippen molar-refractivity contribution >= 4 is 11.7 Å². The van der Waals surface area contributed by atoms with Gasteiger partial charge in [-0.15, -0.1) is 0 Å². The van der Waals surface area contributed by atoms with Gasteiger partial charge in [-0.1, -0.05) is 24.0 Å². The molecule has 6 nitrogen and oxygen atoms in total. The number of amides is 2. The van der Waals surface area contributed by atoms with Crippen LogP contribution in [0.15, 0.2) is 48.5 Å². The van der Waals surface area contributed by atoms with Crippen molar-refractivity contribution in [2.24, 2.45) is 0 Å². The van der Waals surface area contributed by atoms with E-state index in [2.05, 4.69) is 34.2 Å². The van der Waals surface area contributed by atoms with Crippen LogP contribution in [-0.4, -0.2) is 84.8 Å². The van der Waals surface area contributed by atoms with Gasteiger partial charge in [0.1, 0.15) is 5.82 Å². The van der Waals surface area contributed by atoms with Crippen LogP contribution in [-0.2, 0) is 0 Å². The lowest BCUT2D eigenvalue weighted by molar-refractivity contribution is -0.0585. The maximum atomic E-state index is 13.2. The van der Waals surface area contributed by atoms with Gasteiger partial charge in [-0.3, -0.25) is 9.80 Å². The number of benzene rings is 2. The number of nitrogens with one attached hydrogen (secondary N) is 1. The molecule has 2 aromatic carbocycles. The number of fused-ring (bicyclic) bond motifs is 1. The number of urea groups is 1. The van der Waals surface area contributed by atoms with E-state index in [4.69, 9.17) is 0 Å². The van der Waals surface area contributed by atoms with Gasteiger partial charge >= 0.3 is 6.03 Å². The minimum Gasteiger partial charge on any atom is -0.395 e. The summed E-state index contributed by atoms with van der Waals surface area (Å²) in [5, 5.41) is 13.0. The first kappa shape index (κ1) is 24.2. The van der Waals surface area contributed by atoms with Gasteiger partial charge < -0.3 is 15.3 Å². The average Bonchev–Trinajstić information content (AvgIpc) is 2.80. The van der Waals surface area contributed by atoms with E-state index < -0.39 is 0 Å². The Balaban J connectivity index is 1.48. The van der Waals surface area contributed by atoms with Crippen molar-refractivity contribution in [1.29, 1.82) is 0 Å². The highest BCUT2D eigenvalue weighted by Crippen LogP contribution is 2.42. The van der Waals surface area contributed by atoms with E-state index in [-0.39, 0.29) is 36.5 Å². The van der Waals surface area contributed by atoms with Crippen LogP contribution >= 0.6 is 0 Å². The van der Waals surface area contributed by atoms with Gasteiger partial charge in [0.15, 0.2) is 0 Å². The first-order valence-corrected chi connectivity index (χ1v) is 11.9. The highest BCUT2D eigenvalue weighted by Gasteiger charge is 2.49. The lowest BCUT2D eigenvalue weighted by atomic mass is 9.74. The van der Waals surface area contributed by atoms with Crippen molar-refractivity contribution in [3.05, 3.63) is 65.5 Å². The number of hydrogen-bond acceptors (Lipinski definition) is 4. The molecule has 2 saturated heterocycles. The lowest BCUT2D eigenvalue weighted by Gasteiger charge is -2.57. The molecular weight excluding hydrogens is 431 g/mol. The van der Waals surface area contributed by atoms with Crippen molar-refractivity contribution in [3.8, 4) is 11.8 Å². The molecule has 2 aliphatic rings. The van der Waals surface area contributed by atoms with Gasteiger partial charge in [0.05, 0.1) is 13.2 Å². The van der Waals surface area contributed by atoms with E-state index in [0.717, 1.165) is 30.5 Å². The van der Waals surface area contributed by atoms with Gasteiger partial charge in [0.25, 0.3) is 0 Å². The molecule has 0 unspecified atom stereocenters. The maximum Gasteiger partial charge on any atom is 0.321 e. The van der Waals surface area contributed by atoms with Gasteiger partial charge in [-0.2, -0.15) is 0 Å². The fourth-order valence-electron chi connectivity index (χ4n) is 4.95. The molecule has 2 heterocycles. The van der Waals surface area contributed by atoms with Gasteiger partial charge in [-0.05, 0) is 75.4 Å². The summed E-state index contributed by atoms with van der Waals surface area (Å²) < 4.78 is 13.2. The van der Waals surface area contributed by atoms with E-state index in [0.29, 0.717) is 25.3 Å². The monoisotopic (exact) mass is 464 g/mol. The number of aliphatic hydroxyl groups excluding tert-OH is 1. The Hall–Kier alpha value is -2.92. The first-order valence-electron chi connectivity index (χ1n) is 11.9. The van der Waals surface area contributed by atoms with Crippen molar-refractivity contribution in [1.82, 2.24) is 14.7 Å². The molecule has 0 spiro atoms. The van der Waals surface area contributed by atoms with Crippen LogP contribution in [0.1, 0.15) is 29.9 Å². The Kier molecular flexibility index (Phi) is 7.84. The summed E-state index contributed by atoms with van der Waals surface area (Å²) >= 11 is 0. The zero-order valence-electron chi connectivity index (χ0n) is 19.9. The van der Waals surface area contributed by atoms with Crippen molar-refractivity contribution in [2.75, 3.05) is 52.2 Å². The standard InChI is InChI=1S/C27H33FN4O2/c1-30(2)15-5-6-20-7-9-21(10-8-20)26-24-18-31(16-3-4-17-32(24)25(26)19-33)27(34)29-23-13-11-22(28)12-14-23/h7-14,24-26,33H,3-4,15-19H2,1-2H3,(H,29,34)/t24-,25-,26-/m0/s1. The van der Waals surface area contributed by atoms with Crippen LogP contribution in [0.3, 0.4) is 0 Å². The van der Waals surface area contributed by atoms with E-state index in [1.165, 1.54) is 12.1 Å². The van der Waals surface area contributed by atoms with Crippen LogP contribution < -0.4 is 5.32 Å². The second-order valence-corrected chi connectivity index (χ2v) is 9.33. The quantitative estimate of drug-likeness (QED) is 0.683. The third kappa shape index (κ3) is 5.58. The number of carbonyl (C=O) groups excluding carboxylic acids is 1. The highest BCUT2D eigenvalue weighted by molar-refractivity contribution is 5.89. The Bertz CT molecular complexity index is 1030. The molecule has 0 radical (unpaired) electrons. The van der Waals surface area contributed by atoms with E-state index in [9.17, 15) is 14.3 Å². The molecule has 2 N–H and O–H groups in total. The molecule has 2 amide bonds. The molecule has 0 aromatic heterocycles. The normalized spacial score (nSPS) is 22.6. The largest absolute Gasteiger partial charge is 0.395 e. The zero-order chi connectivity index (χ0) is 24.1. The Morgan fingerprint density at radius 2 is 1.82 bits per heavy atom. The topological polar surface area (TPSA) is 59.1 Å². The second kappa shape index (κ2) is 11.0. The third-order valence-corrected chi connectivity index (χ3v) is 6.68. The zero-order valence-corrected chi connectivity index (χ0v) is 19.9. The summed E-state index contributed by atoms with van der Waals surface area (Å²) in [7, 11) is 3.99. The average molecular weight is 465 g/mol. The van der Waals surface area contributed by atoms with Crippen LogP contribution in [0.4, 0.5) is 14.9 Å². The van der Waals surface area contributed by atoms with Crippen LogP contribution in [0.25, 0.3) is 0 Å². The summed E-state index contributed by atoms with van der Waals surface area (Å²) in [5.74, 6) is 6.16. The Morgan fingerprint density at radius 1 is 1.12 bits per heavy atom. The minimum absolute atomic E-state index is 0.0517. The number of aliphatic hydroxyl groups is 1. The molecule has 7 heteroatoms. The summed E-state index contributed by atoms with van der Waals surface area (Å²) in [5.41, 5.74) is 2.72. The number of rotatable bonds is 4. The molecule has 180 valence electrons. The molecule has 2 aliphatic heterocycles. The van der Waals surface area contributed by atoms with Crippen LogP contribution in [0.5, 0.6) is 0 Å². The predicted octanol–water partition coefficient (Wildman–Crippen LogP) is 3.20. The van der Waals surface area contributed by atoms with E-state index >= 15 is 0 Å².